The van der Waals surface area contributed by atoms with Gasteiger partial charge in [0.15, 0.2) is 0 Å². The van der Waals surface area contributed by atoms with Crippen molar-refractivity contribution in [3.8, 4) is 16.8 Å². The van der Waals surface area contributed by atoms with Crippen LogP contribution in [-0.2, 0) is 16.2 Å². The van der Waals surface area contributed by atoms with E-state index in [4.69, 9.17) is 4.98 Å². The molecule has 0 aliphatic heterocycles. The molecule has 4 heteroatoms. The van der Waals surface area contributed by atoms with E-state index in [2.05, 4.69) is 227 Å². The van der Waals surface area contributed by atoms with Gasteiger partial charge < -0.3 is 8.97 Å². The SMILES string of the molecule is CC(C)(C)c1ccc2c(c1)c1cc(C(C)(C)C)cc3c4c5c6cc7ccccc7c7c8cc(C(C)(C)C)cc(-c9ccc%10c(c9)c9ccccc9n%10-c9ccccc9)c8n(c5ncc4n2c13)c67. The number of benzene rings is 8. The molecule has 0 atom stereocenters. The van der Waals surface area contributed by atoms with Crippen LogP contribution in [0.4, 0.5) is 0 Å². The number of pyridine rings is 1. The fourth-order valence-electron chi connectivity index (χ4n) is 11.9. The Morgan fingerprint density at radius 2 is 0.970 bits per heavy atom. The molecule has 4 nitrogen and oxygen atoms in total. The maximum atomic E-state index is 5.64. The van der Waals surface area contributed by atoms with Crippen molar-refractivity contribution < 1.29 is 0 Å². The summed E-state index contributed by atoms with van der Waals surface area (Å²) in [6.07, 6.45) is 2.18. The molecule has 6 aromatic heterocycles. The Bertz CT molecular complexity index is 4420. The number of para-hydroxylation sites is 2. The molecule has 0 saturated carbocycles. The Kier molecular flexibility index (Phi) is 7.36. The molecular formula is C63H52N4. The Labute approximate surface area is 389 Å². The molecule has 0 aliphatic carbocycles. The first kappa shape index (κ1) is 38.8. The summed E-state index contributed by atoms with van der Waals surface area (Å²) in [5.74, 6) is 0. The van der Waals surface area contributed by atoms with Crippen molar-refractivity contribution in [2.75, 3.05) is 0 Å². The van der Waals surface area contributed by atoms with Crippen molar-refractivity contribution in [2.45, 2.75) is 78.6 Å². The number of hydrogen-bond donors (Lipinski definition) is 0. The van der Waals surface area contributed by atoms with Crippen LogP contribution < -0.4 is 0 Å². The van der Waals surface area contributed by atoms with Crippen LogP contribution in [0.2, 0.25) is 0 Å². The first-order valence-corrected chi connectivity index (χ1v) is 24.0. The summed E-state index contributed by atoms with van der Waals surface area (Å²) in [6, 6.07) is 55.4. The van der Waals surface area contributed by atoms with Gasteiger partial charge in [-0.05, 0) is 122 Å². The first-order chi connectivity index (χ1) is 32.1. The molecule has 0 unspecified atom stereocenters. The summed E-state index contributed by atoms with van der Waals surface area (Å²) in [6.45, 7) is 21.0. The maximum absolute atomic E-state index is 5.64. The minimum Gasteiger partial charge on any atom is -0.309 e. The molecule has 67 heavy (non-hydrogen) atoms. The predicted molar refractivity (Wildman–Crippen MR) is 287 cm³/mol. The van der Waals surface area contributed by atoms with Crippen molar-refractivity contribution in [3.05, 3.63) is 168 Å². The van der Waals surface area contributed by atoms with E-state index in [0.717, 1.165) is 11.2 Å². The van der Waals surface area contributed by atoms with E-state index >= 15 is 0 Å². The van der Waals surface area contributed by atoms with Crippen molar-refractivity contribution in [1.29, 1.82) is 0 Å². The van der Waals surface area contributed by atoms with Gasteiger partial charge in [-0.25, -0.2) is 4.98 Å². The highest BCUT2D eigenvalue weighted by Crippen LogP contribution is 2.51. The third-order valence-corrected chi connectivity index (χ3v) is 15.3. The summed E-state index contributed by atoms with van der Waals surface area (Å²) in [5, 5.41) is 15.3. The molecular weight excluding hydrogens is 813 g/mol. The minimum atomic E-state index is -0.0906. The van der Waals surface area contributed by atoms with Gasteiger partial charge in [-0.3, -0.25) is 4.40 Å². The molecule has 0 saturated heterocycles. The smallest absolute Gasteiger partial charge is 0.146 e. The summed E-state index contributed by atoms with van der Waals surface area (Å²) < 4.78 is 7.48. The largest absolute Gasteiger partial charge is 0.309 e. The van der Waals surface area contributed by atoms with E-state index in [1.165, 1.54) is 131 Å². The number of nitrogens with zero attached hydrogens (tertiary/aromatic N) is 4. The molecule has 0 fully saturated rings. The van der Waals surface area contributed by atoms with Crippen molar-refractivity contribution in [1.82, 2.24) is 18.4 Å². The van der Waals surface area contributed by atoms with E-state index in [1.807, 2.05) is 0 Å². The van der Waals surface area contributed by atoms with Crippen LogP contribution in [0.1, 0.15) is 79.0 Å². The lowest BCUT2D eigenvalue weighted by atomic mass is 9.83. The highest BCUT2D eigenvalue weighted by molar-refractivity contribution is 6.38. The van der Waals surface area contributed by atoms with Gasteiger partial charge in [-0.15, -0.1) is 0 Å². The van der Waals surface area contributed by atoms with Gasteiger partial charge in [-0.1, -0.05) is 135 Å². The van der Waals surface area contributed by atoms with E-state index < -0.39 is 0 Å². The Balaban J connectivity index is 1.17. The van der Waals surface area contributed by atoms with E-state index in [9.17, 15) is 0 Å². The molecule has 14 aromatic rings. The van der Waals surface area contributed by atoms with Crippen molar-refractivity contribution in [3.63, 3.8) is 0 Å². The number of hydrogen-bond acceptors (Lipinski definition) is 1. The summed E-state index contributed by atoms with van der Waals surface area (Å²) in [7, 11) is 0. The standard InChI is InChI=1S/C63H52N4/c1-61(2,3)37-24-26-52-45(29-37)46-31-39(63(7,8)9)33-49-55-53(66(52)58(46)49)34-64-60-56(55)47-28-35-17-13-14-20-41(35)54-48-32-38(62(4,5)6)30-43(57(48)67(60)59(47)54)36-23-25-51-44(27-36)42-21-15-16-22-50(42)65(51)40-18-11-10-12-19-40/h10-34H,1-9H3. The zero-order valence-electron chi connectivity index (χ0n) is 39.7. The topological polar surface area (TPSA) is 26.6 Å². The first-order valence-electron chi connectivity index (χ1n) is 24.0. The molecule has 14 rings (SSSR count). The molecule has 0 radical (unpaired) electrons. The average Bonchev–Trinajstić information content (AvgIpc) is 4.10. The van der Waals surface area contributed by atoms with Crippen LogP contribution >= 0.6 is 0 Å². The third-order valence-electron chi connectivity index (χ3n) is 15.3. The second-order valence-electron chi connectivity index (χ2n) is 22.5. The fraction of sp³-hybridized carbons (Fsp3) is 0.190. The summed E-state index contributed by atoms with van der Waals surface area (Å²) >= 11 is 0. The molecule has 324 valence electrons. The zero-order valence-corrected chi connectivity index (χ0v) is 39.7. The lowest BCUT2D eigenvalue weighted by molar-refractivity contribution is 0.590. The van der Waals surface area contributed by atoms with Crippen LogP contribution in [0.5, 0.6) is 0 Å². The zero-order chi connectivity index (χ0) is 45.6. The van der Waals surface area contributed by atoms with Crippen LogP contribution in [-0.4, -0.2) is 18.4 Å². The number of fused-ring (bicyclic) bond motifs is 18. The lowest BCUT2D eigenvalue weighted by Crippen LogP contribution is -2.11. The van der Waals surface area contributed by atoms with Crippen LogP contribution in [0.25, 0.3) is 126 Å². The molecule has 0 aliphatic rings. The molecule has 0 spiro atoms. The van der Waals surface area contributed by atoms with E-state index in [1.54, 1.807) is 0 Å². The molecule has 0 amide bonds. The summed E-state index contributed by atoms with van der Waals surface area (Å²) in [5.41, 5.74) is 17.1. The van der Waals surface area contributed by atoms with Crippen LogP contribution in [0, 0.1) is 0 Å². The second-order valence-corrected chi connectivity index (χ2v) is 22.5. The molecule has 0 N–H and O–H groups in total. The van der Waals surface area contributed by atoms with Gasteiger partial charge in [0.1, 0.15) is 5.65 Å². The van der Waals surface area contributed by atoms with Gasteiger partial charge in [0.2, 0.25) is 0 Å². The highest BCUT2D eigenvalue weighted by Gasteiger charge is 2.30. The Morgan fingerprint density at radius 3 is 1.73 bits per heavy atom. The monoisotopic (exact) mass is 864 g/mol. The number of rotatable bonds is 2. The Morgan fingerprint density at radius 1 is 0.373 bits per heavy atom. The molecule has 8 aromatic carbocycles. The normalized spacial score (nSPS) is 13.4. The minimum absolute atomic E-state index is 0.0362. The lowest BCUT2D eigenvalue weighted by Gasteiger charge is -2.21. The quantitative estimate of drug-likeness (QED) is 0.170. The van der Waals surface area contributed by atoms with Gasteiger partial charge in [0.05, 0.1) is 44.8 Å². The third kappa shape index (κ3) is 5.11. The van der Waals surface area contributed by atoms with Crippen LogP contribution in [0.15, 0.2) is 152 Å². The van der Waals surface area contributed by atoms with Gasteiger partial charge in [-0.2, -0.15) is 0 Å². The van der Waals surface area contributed by atoms with Crippen molar-refractivity contribution in [2.24, 2.45) is 0 Å². The van der Waals surface area contributed by atoms with Crippen LogP contribution in [0.3, 0.4) is 0 Å². The Hall–Kier alpha value is -7.43. The van der Waals surface area contributed by atoms with Gasteiger partial charge >= 0.3 is 0 Å². The molecule has 0 bridgehead atoms. The highest BCUT2D eigenvalue weighted by atomic mass is 15.0. The van der Waals surface area contributed by atoms with E-state index in [-0.39, 0.29) is 16.2 Å². The average molecular weight is 865 g/mol. The molecule has 6 heterocycles. The van der Waals surface area contributed by atoms with Gasteiger partial charge in [0, 0.05) is 65.1 Å². The maximum Gasteiger partial charge on any atom is 0.146 e. The van der Waals surface area contributed by atoms with Gasteiger partial charge in [0.25, 0.3) is 0 Å². The second kappa shape index (κ2) is 12.7. The number of aromatic nitrogens is 4. The van der Waals surface area contributed by atoms with Crippen molar-refractivity contribution >= 4 is 109 Å². The summed E-state index contributed by atoms with van der Waals surface area (Å²) in [4.78, 5) is 5.64. The fourth-order valence-corrected chi connectivity index (χ4v) is 11.9. The van der Waals surface area contributed by atoms with E-state index in [0.29, 0.717) is 0 Å². The predicted octanol–water partition coefficient (Wildman–Crippen LogP) is 17.2.